The van der Waals surface area contributed by atoms with Gasteiger partial charge in [0.2, 0.25) is 0 Å². The van der Waals surface area contributed by atoms with Crippen molar-refractivity contribution in [3.05, 3.63) is 27.7 Å². The number of ether oxygens (including phenoxy) is 1. The number of halogens is 1. The van der Waals surface area contributed by atoms with E-state index in [1.165, 1.54) is 11.1 Å². The lowest BCUT2D eigenvalue weighted by Crippen LogP contribution is -2.35. The van der Waals surface area contributed by atoms with Crippen LogP contribution in [0.4, 0.5) is 0 Å². The quantitative estimate of drug-likeness (QED) is 0.766. The third-order valence-electron chi connectivity index (χ3n) is 3.14. The standard InChI is InChI=1S/C17H28BrNO/c1-7-8-13(3)20-16-12(2)9-15(18)10-14(16)11-19-17(4,5)6/h9-10,13,19H,7-8,11H2,1-6H3. The third-order valence-corrected chi connectivity index (χ3v) is 3.60. The molecule has 0 aliphatic carbocycles. The molecule has 0 heterocycles. The first kappa shape index (κ1) is 17.5. The Balaban J connectivity index is 2.95. The second kappa shape index (κ2) is 7.46. The van der Waals surface area contributed by atoms with Gasteiger partial charge < -0.3 is 10.1 Å². The van der Waals surface area contributed by atoms with E-state index in [1.807, 2.05) is 0 Å². The van der Waals surface area contributed by atoms with Crippen molar-refractivity contribution in [2.24, 2.45) is 0 Å². The third kappa shape index (κ3) is 5.84. The summed E-state index contributed by atoms with van der Waals surface area (Å²) in [4.78, 5) is 0. The number of nitrogens with one attached hydrogen (secondary N) is 1. The van der Waals surface area contributed by atoms with Crippen LogP contribution in [0.1, 0.15) is 58.6 Å². The Morgan fingerprint density at radius 2 is 1.95 bits per heavy atom. The minimum Gasteiger partial charge on any atom is -0.490 e. The number of hydrogen-bond acceptors (Lipinski definition) is 2. The second-order valence-corrected chi connectivity index (χ2v) is 7.45. The van der Waals surface area contributed by atoms with Gasteiger partial charge in [-0.1, -0.05) is 29.3 Å². The summed E-state index contributed by atoms with van der Waals surface area (Å²) in [5, 5.41) is 3.54. The highest BCUT2D eigenvalue weighted by atomic mass is 79.9. The lowest BCUT2D eigenvalue weighted by atomic mass is 10.1. The van der Waals surface area contributed by atoms with Crippen LogP contribution in [-0.2, 0) is 6.54 Å². The molecule has 1 N–H and O–H groups in total. The molecule has 0 aromatic heterocycles. The van der Waals surface area contributed by atoms with Gasteiger partial charge in [0.15, 0.2) is 0 Å². The Kier molecular flexibility index (Phi) is 6.53. The van der Waals surface area contributed by atoms with E-state index in [0.29, 0.717) is 0 Å². The summed E-state index contributed by atoms with van der Waals surface area (Å²) in [6.07, 6.45) is 2.49. The van der Waals surface area contributed by atoms with E-state index < -0.39 is 0 Å². The summed E-state index contributed by atoms with van der Waals surface area (Å²) in [7, 11) is 0. The van der Waals surface area contributed by atoms with Crippen molar-refractivity contribution in [3.8, 4) is 5.75 Å². The fourth-order valence-corrected chi connectivity index (χ4v) is 2.75. The van der Waals surface area contributed by atoms with E-state index in [1.54, 1.807) is 0 Å². The molecule has 1 atom stereocenters. The zero-order chi connectivity index (χ0) is 15.3. The number of benzene rings is 1. The number of rotatable bonds is 6. The van der Waals surface area contributed by atoms with Gasteiger partial charge >= 0.3 is 0 Å². The van der Waals surface area contributed by atoms with Crippen molar-refractivity contribution in [3.63, 3.8) is 0 Å². The molecule has 1 rings (SSSR count). The zero-order valence-corrected chi connectivity index (χ0v) is 15.2. The molecule has 1 aromatic carbocycles. The molecule has 0 saturated heterocycles. The molecular weight excluding hydrogens is 314 g/mol. The molecule has 0 amide bonds. The summed E-state index contributed by atoms with van der Waals surface area (Å²) in [5.74, 6) is 1.03. The molecule has 1 unspecified atom stereocenters. The van der Waals surface area contributed by atoms with Crippen LogP contribution in [0.5, 0.6) is 5.75 Å². The van der Waals surface area contributed by atoms with Crippen LogP contribution in [0.3, 0.4) is 0 Å². The van der Waals surface area contributed by atoms with Crippen LogP contribution in [0.25, 0.3) is 0 Å². The molecule has 0 spiro atoms. The smallest absolute Gasteiger partial charge is 0.127 e. The van der Waals surface area contributed by atoms with Crippen LogP contribution in [0, 0.1) is 6.92 Å². The van der Waals surface area contributed by atoms with Crippen molar-refractivity contribution in [1.82, 2.24) is 5.32 Å². The van der Waals surface area contributed by atoms with E-state index in [-0.39, 0.29) is 11.6 Å². The van der Waals surface area contributed by atoms with Gasteiger partial charge in [-0.2, -0.15) is 0 Å². The van der Waals surface area contributed by atoms with E-state index >= 15 is 0 Å². The molecule has 20 heavy (non-hydrogen) atoms. The minimum absolute atomic E-state index is 0.0997. The fourth-order valence-electron chi connectivity index (χ4n) is 2.13. The first-order chi connectivity index (χ1) is 9.23. The zero-order valence-electron chi connectivity index (χ0n) is 13.6. The molecule has 114 valence electrons. The Morgan fingerprint density at radius 1 is 1.30 bits per heavy atom. The maximum Gasteiger partial charge on any atom is 0.127 e. The number of aryl methyl sites for hydroxylation is 1. The molecule has 1 aromatic rings. The normalized spacial score (nSPS) is 13.3. The molecule has 0 aliphatic heterocycles. The molecule has 0 aliphatic rings. The number of hydrogen-bond donors (Lipinski definition) is 1. The molecule has 0 radical (unpaired) electrons. The van der Waals surface area contributed by atoms with E-state index in [0.717, 1.165) is 29.6 Å². The van der Waals surface area contributed by atoms with E-state index in [2.05, 4.69) is 74.9 Å². The van der Waals surface area contributed by atoms with Crippen LogP contribution in [-0.4, -0.2) is 11.6 Å². The van der Waals surface area contributed by atoms with Crippen molar-refractivity contribution >= 4 is 15.9 Å². The van der Waals surface area contributed by atoms with Crippen molar-refractivity contribution < 1.29 is 4.74 Å². The Hall–Kier alpha value is -0.540. The predicted molar refractivity (Wildman–Crippen MR) is 90.5 cm³/mol. The Morgan fingerprint density at radius 3 is 2.50 bits per heavy atom. The van der Waals surface area contributed by atoms with Gasteiger partial charge in [-0.25, -0.2) is 0 Å². The molecule has 0 bridgehead atoms. The highest BCUT2D eigenvalue weighted by Gasteiger charge is 2.15. The maximum absolute atomic E-state index is 6.18. The van der Waals surface area contributed by atoms with E-state index in [9.17, 15) is 0 Å². The summed E-state index contributed by atoms with van der Waals surface area (Å²) in [5.41, 5.74) is 2.51. The first-order valence-corrected chi connectivity index (χ1v) is 8.23. The molecule has 0 fully saturated rings. The average molecular weight is 342 g/mol. The highest BCUT2D eigenvalue weighted by Crippen LogP contribution is 2.29. The van der Waals surface area contributed by atoms with Gasteiger partial charge in [0.05, 0.1) is 6.10 Å². The van der Waals surface area contributed by atoms with Crippen LogP contribution < -0.4 is 10.1 Å². The van der Waals surface area contributed by atoms with Gasteiger partial charge in [-0.3, -0.25) is 0 Å². The summed E-state index contributed by atoms with van der Waals surface area (Å²) in [6.45, 7) is 13.8. The highest BCUT2D eigenvalue weighted by molar-refractivity contribution is 9.10. The topological polar surface area (TPSA) is 21.3 Å². The molecular formula is C17H28BrNO. The largest absolute Gasteiger partial charge is 0.490 e. The van der Waals surface area contributed by atoms with Crippen molar-refractivity contribution in [2.75, 3.05) is 0 Å². The maximum atomic E-state index is 6.18. The summed E-state index contributed by atoms with van der Waals surface area (Å²) >= 11 is 3.58. The SMILES string of the molecule is CCCC(C)Oc1c(C)cc(Br)cc1CNC(C)(C)C. The predicted octanol–water partition coefficient (Wildman–Crippen LogP) is 5.21. The van der Waals surface area contributed by atoms with Gasteiger partial charge in [0, 0.05) is 22.1 Å². The Bertz CT molecular complexity index is 437. The van der Waals surface area contributed by atoms with Gasteiger partial charge in [-0.15, -0.1) is 0 Å². The molecule has 0 saturated carbocycles. The summed E-state index contributed by atoms with van der Waals surface area (Å²) in [6, 6.07) is 4.27. The van der Waals surface area contributed by atoms with Crippen molar-refractivity contribution in [2.45, 2.75) is 72.6 Å². The van der Waals surface area contributed by atoms with Crippen molar-refractivity contribution in [1.29, 1.82) is 0 Å². The Labute approximate surface area is 132 Å². The lowest BCUT2D eigenvalue weighted by molar-refractivity contribution is 0.205. The van der Waals surface area contributed by atoms with Crippen LogP contribution in [0.15, 0.2) is 16.6 Å². The van der Waals surface area contributed by atoms with Gasteiger partial charge in [0.1, 0.15) is 5.75 Å². The monoisotopic (exact) mass is 341 g/mol. The fraction of sp³-hybridized carbons (Fsp3) is 0.647. The van der Waals surface area contributed by atoms with Gasteiger partial charge in [0.25, 0.3) is 0 Å². The van der Waals surface area contributed by atoms with E-state index in [4.69, 9.17) is 4.74 Å². The minimum atomic E-state index is 0.0997. The first-order valence-electron chi connectivity index (χ1n) is 7.43. The molecule has 3 heteroatoms. The molecule has 2 nitrogen and oxygen atoms in total. The lowest BCUT2D eigenvalue weighted by Gasteiger charge is -2.24. The second-order valence-electron chi connectivity index (χ2n) is 6.53. The average Bonchev–Trinajstić information content (AvgIpc) is 2.29. The summed E-state index contributed by atoms with van der Waals surface area (Å²) < 4.78 is 7.28. The van der Waals surface area contributed by atoms with Crippen LogP contribution >= 0.6 is 15.9 Å². The van der Waals surface area contributed by atoms with Gasteiger partial charge in [-0.05, 0) is 58.7 Å². The van der Waals surface area contributed by atoms with Crippen LogP contribution in [0.2, 0.25) is 0 Å².